The highest BCUT2D eigenvalue weighted by atomic mass is 32.2. The van der Waals surface area contributed by atoms with Crippen LogP contribution in [0, 0.1) is 0 Å². The average Bonchev–Trinajstić information content (AvgIpc) is 2.90. The maximum absolute atomic E-state index is 12.9. The predicted octanol–water partition coefficient (Wildman–Crippen LogP) is 5.69. The summed E-state index contributed by atoms with van der Waals surface area (Å²) in [6.45, 7) is 0. The van der Waals surface area contributed by atoms with E-state index in [0.717, 1.165) is 4.90 Å². The topological polar surface area (TPSA) is 117 Å². The third kappa shape index (κ3) is 8.37. The van der Waals surface area contributed by atoms with Crippen molar-refractivity contribution in [1.29, 1.82) is 0 Å². The Bertz CT molecular complexity index is 1140. The lowest BCUT2D eigenvalue weighted by Gasteiger charge is -2.28. The van der Waals surface area contributed by atoms with Crippen molar-refractivity contribution in [2.45, 2.75) is 29.9 Å². The Kier molecular flexibility index (Phi) is 10.2. The molecular weight excluding hydrogens is 480 g/mol. The van der Waals surface area contributed by atoms with Gasteiger partial charge in [0.25, 0.3) is 5.91 Å². The number of anilines is 1. The molecule has 0 aliphatic heterocycles. The highest BCUT2D eigenvalue weighted by molar-refractivity contribution is 7.98. The van der Waals surface area contributed by atoms with E-state index >= 15 is 0 Å². The summed E-state index contributed by atoms with van der Waals surface area (Å²) >= 11 is 1.60. The number of nitrogens with one attached hydrogen (secondary N) is 2. The second kappa shape index (κ2) is 13.8. The van der Waals surface area contributed by atoms with E-state index in [1.807, 2.05) is 36.6 Å². The first-order valence-electron chi connectivity index (χ1n) is 11.2. The van der Waals surface area contributed by atoms with E-state index < -0.39 is 24.2 Å². The maximum Gasteiger partial charge on any atom is 0.412 e. The minimum absolute atomic E-state index is 0.0781. The molecule has 0 saturated heterocycles. The molecule has 9 heteroatoms. The number of carbonyl (C=O) groups is 2. The van der Waals surface area contributed by atoms with Crippen LogP contribution in [0.1, 0.15) is 24.5 Å². The van der Waals surface area contributed by atoms with Crippen molar-refractivity contribution in [1.82, 2.24) is 5.48 Å². The van der Waals surface area contributed by atoms with Crippen LogP contribution in [0.15, 0.2) is 95.9 Å². The van der Waals surface area contributed by atoms with Crippen molar-refractivity contribution in [2.75, 3.05) is 11.6 Å². The Hall–Kier alpha value is -3.95. The van der Waals surface area contributed by atoms with E-state index in [0.29, 0.717) is 29.8 Å². The number of rotatable bonds is 11. The van der Waals surface area contributed by atoms with Gasteiger partial charge >= 0.3 is 6.09 Å². The monoisotopic (exact) mass is 508 g/mol. The Morgan fingerprint density at radius 1 is 1.00 bits per heavy atom. The number of amides is 2. The van der Waals surface area contributed by atoms with Gasteiger partial charge in [0, 0.05) is 16.7 Å². The van der Waals surface area contributed by atoms with Crippen molar-refractivity contribution < 1.29 is 29.4 Å². The number of para-hydroxylation sites is 1. The number of hydrogen-bond acceptors (Lipinski definition) is 7. The second-order valence-electron chi connectivity index (χ2n) is 7.70. The average molecular weight is 509 g/mol. The minimum atomic E-state index is -0.837. The van der Waals surface area contributed by atoms with Crippen LogP contribution in [-0.2, 0) is 9.53 Å². The predicted molar refractivity (Wildman–Crippen MR) is 138 cm³/mol. The molecule has 0 radical (unpaired) electrons. The fraction of sp³-hybridized carbons (Fsp3) is 0.185. The molecule has 2 atom stereocenters. The van der Waals surface area contributed by atoms with Gasteiger partial charge in [-0.2, -0.15) is 0 Å². The summed E-state index contributed by atoms with van der Waals surface area (Å²) in [6.07, 6.45) is 3.42. The molecule has 4 N–H and O–H groups in total. The van der Waals surface area contributed by atoms with Crippen LogP contribution in [0.3, 0.4) is 0 Å². The van der Waals surface area contributed by atoms with Crippen LogP contribution in [0.4, 0.5) is 10.5 Å². The molecule has 8 nitrogen and oxygen atoms in total. The summed E-state index contributed by atoms with van der Waals surface area (Å²) in [4.78, 5) is 25.3. The molecule has 188 valence electrons. The molecule has 0 spiro atoms. The fourth-order valence-electron chi connectivity index (χ4n) is 3.39. The standard InChI is InChI=1S/C27H28N2O6S/c1-36-23-17-13-20(14-18-23)28-27(32)35-26(19-11-15-21(30)16-12-19)24(9-5-6-10-25(31)29-33)34-22-7-3-2-4-8-22/h2-4,6-8,10-18,24,26,30,33H,5,9H2,1H3,(H,28,32)(H,29,31)/b10-6+/t24-,26-/m0/s1. The number of phenolic OH excluding ortho intramolecular Hbond substituents is 1. The van der Waals surface area contributed by atoms with Crippen LogP contribution >= 0.6 is 11.8 Å². The fourth-order valence-corrected chi connectivity index (χ4v) is 3.80. The molecule has 0 heterocycles. The van der Waals surface area contributed by atoms with Gasteiger partial charge in [0.15, 0.2) is 6.10 Å². The molecule has 0 aliphatic carbocycles. The molecule has 0 unspecified atom stereocenters. The molecule has 2 amide bonds. The van der Waals surface area contributed by atoms with Gasteiger partial charge in [0.2, 0.25) is 0 Å². The van der Waals surface area contributed by atoms with Crippen molar-refractivity contribution >= 4 is 29.4 Å². The molecule has 0 aromatic heterocycles. The number of hydroxylamine groups is 1. The quantitative estimate of drug-likeness (QED) is 0.114. The summed E-state index contributed by atoms with van der Waals surface area (Å²) in [5, 5.41) is 21.2. The lowest BCUT2D eigenvalue weighted by Crippen LogP contribution is -2.31. The molecule has 0 saturated carbocycles. The first-order chi connectivity index (χ1) is 17.5. The van der Waals surface area contributed by atoms with Gasteiger partial charge in [-0.05, 0) is 73.2 Å². The summed E-state index contributed by atoms with van der Waals surface area (Å²) < 4.78 is 12.1. The number of carbonyl (C=O) groups excluding carboxylic acids is 2. The van der Waals surface area contributed by atoms with E-state index in [4.69, 9.17) is 14.7 Å². The van der Waals surface area contributed by atoms with E-state index in [1.165, 1.54) is 18.2 Å². The molecule has 3 aromatic rings. The Morgan fingerprint density at radius 2 is 1.69 bits per heavy atom. The Labute approximate surface area is 213 Å². The van der Waals surface area contributed by atoms with E-state index in [1.54, 1.807) is 59.7 Å². The van der Waals surface area contributed by atoms with Crippen molar-refractivity contribution in [3.8, 4) is 11.5 Å². The van der Waals surface area contributed by atoms with Gasteiger partial charge in [-0.1, -0.05) is 36.4 Å². The number of phenols is 1. The van der Waals surface area contributed by atoms with Gasteiger partial charge in [-0.25, -0.2) is 10.3 Å². The largest absolute Gasteiger partial charge is 0.508 e. The number of benzene rings is 3. The smallest absolute Gasteiger partial charge is 0.412 e. The van der Waals surface area contributed by atoms with Crippen LogP contribution in [0.5, 0.6) is 11.5 Å². The molecule has 0 bridgehead atoms. The van der Waals surface area contributed by atoms with Crippen LogP contribution in [0.2, 0.25) is 0 Å². The van der Waals surface area contributed by atoms with Crippen LogP contribution < -0.4 is 15.5 Å². The van der Waals surface area contributed by atoms with Gasteiger partial charge in [0.1, 0.15) is 17.6 Å². The highest BCUT2D eigenvalue weighted by Gasteiger charge is 2.29. The zero-order valence-electron chi connectivity index (χ0n) is 19.7. The Balaban J connectivity index is 1.84. The molecule has 3 rings (SSSR count). The third-order valence-electron chi connectivity index (χ3n) is 5.16. The van der Waals surface area contributed by atoms with E-state index in [-0.39, 0.29) is 5.75 Å². The maximum atomic E-state index is 12.9. The second-order valence-corrected chi connectivity index (χ2v) is 8.58. The molecular formula is C27H28N2O6S. The zero-order valence-corrected chi connectivity index (χ0v) is 20.5. The molecule has 36 heavy (non-hydrogen) atoms. The number of hydrogen-bond donors (Lipinski definition) is 4. The van der Waals surface area contributed by atoms with Crippen molar-refractivity contribution in [2.24, 2.45) is 0 Å². The first-order valence-corrected chi connectivity index (χ1v) is 12.4. The summed E-state index contributed by atoms with van der Waals surface area (Å²) in [7, 11) is 0. The number of thioether (sulfide) groups is 1. The highest BCUT2D eigenvalue weighted by Crippen LogP contribution is 2.30. The number of aromatic hydroxyl groups is 1. The van der Waals surface area contributed by atoms with Gasteiger partial charge in [-0.3, -0.25) is 15.3 Å². The van der Waals surface area contributed by atoms with E-state index in [2.05, 4.69) is 5.32 Å². The third-order valence-corrected chi connectivity index (χ3v) is 5.90. The molecule has 3 aromatic carbocycles. The van der Waals surface area contributed by atoms with Gasteiger partial charge in [0.05, 0.1) is 0 Å². The molecule has 0 fully saturated rings. The SMILES string of the molecule is CSc1ccc(NC(=O)O[C@@H](c2ccc(O)cc2)[C@H](CC/C=C/C(=O)NO)Oc2ccccc2)cc1. The number of allylic oxidation sites excluding steroid dienone is 1. The number of ether oxygens (including phenoxy) is 2. The van der Waals surface area contributed by atoms with Gasteiger partial charge < -0.3 is 14.6 Å². The normalized spacial score (nSPS) is 12.5. The molecule has 0 aliphatic rings. The Morgan fingerprint density at radius 3 is 2.33 bits per heavy atom. The zero-order chi connectivity index (χ0) is 25.8. The minimum Gasteiger partial charge on any atom is -0.508 e. The van der Waals surface area contributed by atoms with Crippen molar-refractivity contribution in [3.63, 3.8) is 0 Å². The first kappa shape index (κ1) is 26.7. The van der Waals surface area contributed by atoms with Crippen molar-refractivity contribution in [3.05, 3.63) is 96.6 Å². The summed E-state index contributed by atoms with van der Waals surface area (Å²) in [5.41, 5.74) is 2.75. The van der Waals surface area contributed by atoms with Crippen LogP contribution in [0.25, 0.3) is 0 Å². The summed E-state index contributed by atoms with van der Waals surface area (Å²) in [5.74, 6) is 0.0167. The van der Waals surface area contributed by atoms with Crippen LogP contribution in [-0.4, -0.2) is 34.7 Å². The lowest BCUT2D eigenvalue weighted by molar-refractivity contribution is -0.124. The van der Waals surface area contributed by atoms with Gasteiger partial charge in [-0.15, -0.1) is 11.8 Å². The van der Waals surface area contributed by atoms with E-state index in [9.17, 15) is 14.7 Å². The summed E-state index contributed by atoms with van der Waals surface area (Å²) in [6, 6.07) is 22.8. The lowest BCUT2D eigenvalue weighted by atomic mass is 10.00.